The molecular formula is C48H32N2S. The average molecular weight is 669 g/mol. The van der Waals surface area contributed by atoms with Gasteiger partial charge in [0.05, 0.1) is 16.7 Å². The minimum absolute atomic E-state index is 1.12. The van der Waals surface area contributed by atoms with E-state index in [1.807, 2.05) is 11.3 Å². The SMILES string of the molecule is c1ccc(-c2cccc3c2c2cc(-c4ccccc4N(c4ccccc4)c4ccc5sc6ccccc6c5c4)ccc2n3-c2ccccc2)cc1. The summed E-state index contributed by atoms with van der Waals surface area (Å²) in [5, 5.41) is 5.08. The lowest BCUT2D eigenvalue weighted by Crippen LogP contribution is -2.11. The molecule has 240 valence electrons. The van der Waals surface area contributed by atoms with E-state index in [1.165, 1.54) is 64.2 Å². The third-order valence-electron chi connectivity index (χ3n) is 9.98. The highest BCUT2D eigenvalue weighted by molar-refractivity contribution is 7.25. The van der Waals surface area contributed by atoms with Crippen LogP contribution in [0.25, 0.3) is 69.9 Å². The standard InChI is InChI=1S/C48H32N2S/c1-4-15-33(16-5-1)39-23-14-25-45-48(39)42-31-34(27-29-44(42)50(45)36-19-8-3-9-20-36)38-21-10-12-24-43(38)49(35-17-6-2-7-18-35)37-28-30-47-41(32-37)40-22-11-13-26-46(40)51-47/h1-32H. The van der Waals surface area contributed by atoms with Crippen molar-refractivity contribution < 1.29 is 0 Å². The third-order valence-corrected chi connectivity index (χ3v) is 11.1. The van der Waals surface area contributed by atoms with Crippen LogP contribution in [0.3, 0.4) is 0 Å². The summed E-state index contributed by atoms with van der Waals surface area (Å²) in [4.78, 5) is 2.41. The summed E-state index contributed by atoms with van der Waals surface area (Å²) in [5.74, 6) is 0. The molecule has 0 spiro atoms. The molecular weight excluding hydrogens is 637 g/mol. The van der Waals surface area contributed by atoms with Crippen molar-refractivity contribution in [2.75, 3.05) is 4.90 Å². The number of hydrogen-bond acceptors (Lipinski definition) is 2. The maximum Gasteiger partial charge on any atom is 0.0547 e. The van der Waals surface area contributed by atoms with E-state index in [4.69, 9.17) is 0 Å². The van der Waals surface area contributed by atoms with Gasteiger partial charge in [-0.3, -0.25) is 0 Å². The van der Waals surface area contributed by atoms with Crippen molar-refractivity contribution in [1.29, 1.82) is 0 Å². The van der Waals surface area contributed by atoms with Crippen LogP contribution in [0.1, 0.15) is 0 Å². The van der Waals surface area contributed by atoms with Gasteiger partial charge in [-0.1, -0.05) is 121 Å². The van der Waals surface area contributed by atoms with Crippen LogP contribution in [0.5, 0.6) is 0 Å². The Hall–Kier alpha value is -6.42. The van der Waals surface area contributed by atoms with Crippen LogP contribution in [-0.4, -0.2) is 4.57 Å². The molecule has 0 saturated carbocycles. The van der Waals surface area contributed by atoms with Crippen LogP contribution in [-0.2, 0) is 0 Å². The van der Waals surface area contributed by atoms with Gasteiger partial charge in [0.15, 0.2) is 0 Å². The van der Waals surface area contributed by atoms with E-state index in [2.05, 4.69) is 204 Å². The van der Waals surface area contributed by atoms with Gasteiger partial charge in [-0.15, -0.1) is 11.3 Å². The molecule has 0 aliphatic carbocycles. The fourth-order valence-electron chi connectivity index (χ4n) is 7.72. The number of hydrogen-bond donors (Lipinski definition) is 0. The lowest BCUT2D eigenvalue weighted by molar-refractivity contribution is 1.18. The average Bonchev–Trinajstić information content (AvgIpc) is 3.74. The predicted octanol–water partition coefficient (Wildman–Crippen LogP) is 14.0. The smallest absolute Gasteiger partial charge is 0.0547 e. The molecule has 0 atom stereocenters. The van der Waals surface area contributed by atoms with Crippen molar-refractivity contribution >= 4 is 70.4 Å². The van der Waals surface area contributed by atoms with Crippen LogP contribution in [0.15, 0.2) is 194 Å². The van der Waals surface area contributed by atoms with Crippen LogP contribution < -0.4 is 4.90 Å². The van der Waals surface area contributed by atoms with Gasteiger partial charge in [-0.2, -0.15) is 0 Å². The summed E-state index contributed by atoms with van der Waals surface area (Å²) in [5.41, 5.74) is 11.7. The number of para-hydroxylation sites is 3. The number of nitrogens with zero attached hydrogens (tertiary/aromatic N) is 2. The van der Waals surface area contributed by atoms with Crippen molar-refractivity contribution in [3.63, 3.8) is 0 Å². The fraction of sp³-hybridized carbons (Fsp3) is 0. The number of anilines is 3. The second kappa shape index (κ2) is 12.2. The van der Waals surface area contributed by atoms with Gasteiger partial charge in [-0.05, 0) is 89.5 Å². The van der Waals surface area contributed by atoms with Gasteiger partial charge in [0.2, 0.25) is 0 Å². The minimum atomic E-state index is 1.12. The predicted molar refractivity (Wildman–Crippen MR) is 219 cm³/mol. The van der Waals surface area contributed by atoms with E-state index in [1.54, 1.807) is 0 Å². The van der Waals surface area contributed by atoms with Crippen molar-refractivity contribution in [2.24, 2.45) is 0 Å². The maximum absolute atomic E-state index is 2.41. The first-order valence-electron chi connectivity index (χ1n) is 17.4. The van der Waals surface area contributed by atoms with Crippen LogP contribution >= 0.6 is 11.3 Å². The van der Waals surface area contributed by atoms with Gasteiger partial charge < -0.3 is 9.47 Å². The highest BCUT2D eigenvalue weighted by Crippen LogP contribution is 2.45. The zero-order valence-corrected chi connectivity index (χ0v) is 28.6. The van der Waals surface area contributed by atoms with Gasteiger partial charge in [0, 0.05) is 53.6 Å². The topological polar surface area (TPSA) is 8.17 Å². The first kappa shape index (κ1) is 29.5. The molecule has 10 aromatic rings. The maximum atomic E-state index is 2.41. The summed E-state index contributed by atoms with van der Waals surface area (Å²) in [6, 6.07) is 70.4. The van der Waals surface area contributed by atoms with Crippen LogP contribution in [0.4, 0.5) is 17.1 Å². The number of fused-ring (bicyclic) bond motifs is 6. The van der Waals surface area contributed by atoms with Crippen LogP contribution in [0, 0.1) is 0 Å². The lowest BCUT2D eigenvalue weighted by Gasteiger charge is -2.28. The zero-order valence-electron chi connectivity index (χ0n) is 27.8. The Morgan fingerprint density at radius 3 is 1.92 bits per heavy atom. The summed E-state index contributed by atoms with van der Waals surface area (Å²) in [6.07, 6.45) is 0. The Labute approximate surface area is 300 Å². The Morgan fingerprint density at radius 2 is 1.08 bits per heavy atom. The number of rotatable bonds is 6. The molecule has 0 aliphatic heterocycles. The summed E-state index contributed by atoms with van der Waals surface area (Å²) < 4.78 is 5.02. The van der Waals surface area contributed by atoms with E-state index in [9.17, 15) is 0 Å². The van der Waals surface area contributed by atoms with Gasteiger partial charge in [0.1, 0.15) is 0 Å². The first-order chi connectivity index (χ1) is 25.3. The minimum Gasteiger partial charge on any atom is -0.310 e. The fourth-order valence-corrected chi connectivity index (χ4v) is 8.81. The highest BCUT2D eigenvalue weighted by atomic mass is 32.1. The molecule has 0 unspecified atom stereocenters. The van der Waals surface area contributed by atoms with Gasteiger partial charge in [0.25, 0.3) is 0 Å². The molecule has 0 aliphatic rings. The number of aromatic nitrogens is 1. The molecule has 2 heterocycles. The molecule has 2 aromatic heterocycles. The van der Waals surface area contributed by atoms with Crippen molar-refractivity contribution in [3.05, 3.63) is 194 Å². The quantitative estimate of drug-likeness (QED) is 0.171. The molecule has 0 bridgehead atoms. The van der Waals surface area contributed by atoms with Crippen LogP contribution in [0.2, 0.25) is 0 Å². The molecule has 8 aromatic carbocycles. The second-order valence-corrected chi connectivity index (χ2v) is 14.0. The second-order valence-electron chi connectivity index (χ2n) is 12.9. The summed E-state index contributed by atoms with van der Waals surface area (Å²) >= 11 is 1.85. The third kappa shape index (κ3) is 4.93. The molecule has 51 heavy (non-hydrogen) atoms. The molecule has 2 nitrogen and oxygen atoms in total. The first-order valence-corrected chi connectivity index (χ1v) is 18.2. The lowest BCUT2D eigenvalue weighted by atomic mass is 9.96. The van der Waals surface area contributed by atoms with Crippen molar-refractivity contribution in [1.82, 2.24) is 4.57 Å². The Balaban J connectivity index is 1.22. The Kier molecular flexibility index (Phi) is 7.04. The number of benzene rings is 8. The van der Waals surface area contributed by atoms with Gasteiger partial charge >= 0.3 is 0 Å². The Bertz CT molecular complexity index is 2850. The molecule has 3 heteroatoms. The Morgan fingerprint density at radius 1 is 0.392 bits per heavy atom. The molecule has 0 saturated heterocycles. The molecule has 0 amide bonds. The molecule has 0 radical (unpaired) electrons. The van der Waals surface area contributed by atoms with E-state index >= 15 is 0 Å². The van der Waals surface area contributed by atoms with E-state index in [-0.39, 0.29) is 0 Å². The molecule has 10 rings (SSSR count). The largest absolute Gasteiger partial charge is 0.310 e. The van der Waals surface area contributed by atoms with E-state index < -0.39 is 0 Å². The summed E-state index contributed by atoms with van der Waals surface area (Å²) in [6.45, 7) is 0. The summed E-state index contributed by atoms with van der Waals surface area (Å²) in [7, 11) is 0. The van der Waals surface area contributed by atoms with E-state index in [0.717, 1.165) is 22.7 Å². The van der Waals surface area contributed by atoms with Crippen molar-refractivity contribution in [3.8, 4) is 27.9 Å². The highest BCUT2D eigenvalue weighted by Gasteiger charge is 2.21. The zero-order chi connectivity index (χ0) is 33.7. The van der Waals surface area contributed by atoms with Crippen molar-refractivity contribution in [2.45, 2.75) is 0 Å². The number of thiophene rings is 1. The molecule has 0 N–H and O–H groups in total. The van der Waals surface area contributed by atoms with Gasteiger partial charge in [-0.25, -0.2) is 0 Å². The normalized spacial score (nSPS) is 11.5. The molecule has 0 fully saturated rings. The monoisotopic (exact) mass is 668 g/mol. The van der Waals surface area contributed by atoms with E-state index in [0.29, 0.717) is 0 Å².